The lowest BCUT2D eigenvalue weighted by Crippen LogP contribution is -2.37. The van der Waals surface area contributed by atoms with Crippen LogP contribution in [0.4, 0.5) is 0 Å². The molecule has 0 aliphatic carbocycles. The Morgan fingerprint density at radius 3 is 2.84 bits per heavy atom. The number of para-hydroxylation sites is 1. The third-order valence-electron chi connectivity index (χ3n) is 4.93. The molecular formula is C19H23N3O3. The summed E-state index contributed by atoms with van der Waals surface area (Å²) in [7, 11) is 3.72. The molecule has 6 nitrogen and oxygen atoms in total. The molecule has 0 N–H and O–H groups in total. The van der Waals surface area contributed by atoms with Crippen LogP contribution in [-0.4, -0.2) is 47.0 Å². The van der Waals surface area contributed by atoms with Crippen LogP contribution < -0.4 is 0 Å². The first-order valence-corrected chi connectivity index (χ1v) is 8.72. The Hall–Kier alpha value is -2.31. The molecule has 3 aromatic rings. The van der Waals surface area contributed by atoms with Gasteiger partial charge in [-0.05, 0) is 25.0 Å². The van der Waals surface area contributed by atoms with Gasteiger partial charge in [-0.3, -0.25) is 9.63 Å². The first kappa shape index (κ1) is 16.2. The minimum atomic E-state index is -0.0731. The topological polar surface area (TPSA) is 48.6 Å². The summed E-state index contributed by atoms with van der Waals surface area (Å²) in [4.78, 5) is 18.6. The quantitative estimate of drug-likeness (QED) is 0.733. The van der Waals surface area contributed by atoms with Crippen molar-refractivity contribution in [2.24, 2.45) is 7.05 Å². The molecule has 6 heteroatoms. The summed E-state index contributed by atoms with van der Waals surface area (Å²) in [5, 5.41) is 2.65. The third-order valence-corrected chi connectivity index (χ3v) is 4.93. The minimum absolute atomic E-state index is 0.0731. The molecule has 0 spiro atoms. The number of rotatable bonds is 4. The summed E-state index contributed by atoms with van der Waals surface area (Å²) in [6.45, 7) is 2.43. The normalized spacial score (nSPS) is 15.4. The van der Waals surface area contributed by atoms with Gasteiger partial charge >= 0.3 is 0 Å². The second-order valence-corrected chi connectivity index (χ2v) is 6.43. The van der Waals surface area contributed by atoms with E-state index < -0.39 is 0 Å². The van der Waals surface area contributed by atoms with Gasteiger partial charge in [0, 0.05) is 32.6 Å². The number of hydroxylamine groups is 2. The fourth-order valence-corrected chi connectivity index (χ4v) is 3.65. The average Bonchev–Trinajstić information content (AvgIpc) is 3.17. The first-order chi connectivity index (χ1) is 12.2. The largest absolute Gasteiger partial charge is 0.383 e. The van der Waals surface area contributed by atoms with Crippen LogP contribution in [0.2, 0.25) is 0 Å². The van der Waals surface area contributed by atoms with E-state index in [4.69, 9.17) is 9.57 Å². The molecule has 1 fully saturated rings. The number of ether oxygens (including phenoxy) is 1. The highest BCUT2D eigenvalue weighted by Crippen LogP contribution is 2.31. The van der Waals surface area contributed by atoms with E-state index in [1.807, 2.05) is 25.2 Å². The number of methoxy groups -OCH3 is 1. The van der Waals surface area contributed by atoms with Crippen molar-refractivity contribution < 1.29 is 14.4 Å². The van der Waals surface area contributed by atoms with Crippen molar-refractivity contribution >= 4 is 27.8 Å². The van der Waals surface area contributed by atoms with Crippen LogP contribution in [-0.2, 0) is 23.2 Å². The van der Waals surface area contributed by atoms with Crippen LogP contribution in [0, 0.1) is 0 Å². The Kier molecular flexibility index (Phi) is 4.23. The number of carbonyl (C=O) groups excluding carboxylic acids is 1. The fourth-order valence-electron chi connectivity index (χ4n) is 3.65. The predicted octanol–water partition coefficient (Wildman–Crippen LogP) is 2.95. The van der Waals surface area contributed by atoms with E-state index in [1.54, 1.807) is 7.11 Å². The molecule has 1 aromatic carbocycles. The number of fused-ring (bicyclic) bond motifs is 3. The second kappa shape index (κ2) is 6.54. The highest BCUT2D eigenvalue weighted by Gasteiger charge is 2.26. The third kappa shape index (κ3) is 2.62. The molecule has 2 aromatic heterocycles. The maximum absolute atomic E-state index is 13.0. The molecular weight excluding hydrogens is 318 g/mol. The molecule has 4 rings (SSSR count). The molecule has 132 valence electrons. The van der Waals surface area contributed by atoms with Crippen molar-refractivity contribution in [3.63, 3.8) is 0 Å². The van der Waals surface area contributed by atoms with Crippen molar-refractivity contribution in [3.05, 3.63) is 36.0 Å². The highest BCUT2D eigenvalue weighted by molar-refractivity contribution is 6.10. The van der Waals surface area contributed by atoms with E-state index in [9.17, 15) is 4.79 Å². The lowest BCUT2D eigenvalue weighted by Gasteiger charge is -2.26. The van der Waals surface area contributed by atoms with Crippen LogP contribution in [0.5, 0.6) is 0 Å². The van der Waals surface area contributed by atoms with Gasteiger partial charge in [0.1, 0.15) is 5.69 Å². The van der Waals surface area contributed by atoms with Gasteiger partial charge in [0.05, 0.1) is 29.8 Å². The molecule has 1 amide bonds. The predicted molar refractivity (Wildman–Crippen MR) is 96.5 cm³/mol. The number of amides is 1. The minimum Gasteiger partial charge on any atom is -0.383 e. The number of aromatic nitrogens is 2. The van der Waals surface area contributed by atoms with Crippen LogP contribution in [0.3, 0.4) is 0 Å². The van der Waals surface area contributed by atoms with Crippen LogP contribution in [0.15, 0.2) is 30.3 Å². The zero-order chi connectivity index (χ0) is 17.4. The molecule has 0 saturated carbocycles. The first-order valence-electron chi connectivity index (χ1n) is 8.72. The zero-order valence-electron chi connectivity index (χ0n) is 14.7. The van der Waals surface area contributed by atoms with Gasteiger partial charge in [0.2, 0.25) is 0 Å². The van der Waals surface area contributed by atoms with Gasteiger partial charge in [-0.15, -0.1) is 0 Å². The SMILES string of the molecule is COCCn1c(C(=O)N2CCCCO2)cc2c1c1ccccc1n2C. The number of benzene rings is 1. The zero-order valence-corrected chi connectivity index (χ0v) is 14.7. The lowest BCUT2D eigenvalue weighted by molar-refractivity contribution is -0.144. The van der Waals surface area contributed by atoms with Crippen LogP contribution >= 0.6 is 0 Å². The number of hydrogen-bond donors (Lipinski definition) is 0. The second-order valence-electron chi connectivity index (χ2n) is 6.43. The van der Waals surface area contributed by atoms with Crippen molar-refractivity contribution in [2.75, 3.05) is 26.9 Å². The molecule has 1 saturated heterocycles. The fraction of sp³-hybridized carbons (Fsp3) is 0.421. The Labute approximate surface area is 146 Å². The summed E-state index contributed by atoms with van der Waals surface area (Å²) >= 11 is 0. The number of hydrogen-bond acceptors (Lipinski definition) is 3. The maximum Gasteiger partial charge on any atom is 0.294 e. The van der Waals surface area contributed by atoms with E-state index in [1.165, 1.54) is 5.06 Å². The van der Waals surface area contributed by atoms with Crippen LogP contribution in [0.25, 0.3) is 21.9 Å². The van der Waals surface area contributed by atoms with Crippen molar-refractivity contribution in [1.29, 1.82) is 0 Å². The molecule has 0 bridgehead atoms. The molecule has 3 heterocycles. The smallest absolute Gasteiger partial charge is 0.294 e. The van der Waals surface area contributed by atoms with Crippen molar-refractivity contribution in [2.45, 2.75) is 19.4 Å². The summed E-state index contributed by atoms with van der Waals surface area (Å²) in [6.07, 6.45) is 1.98. The van der Waals surface area contributed by atoms with Gasteiger partial charge in [-0.1, -0.05) is 18.2 Å². The molecule has 25 heavy (non-hydrogen) atoms. The number of carbonyl (C=O) groups is 1. The summed E-state index contributed by atoms with van der Waals surface area (Å²) in [5.74, 6) is -0.0731. The van der Waals surface area contributed by atoms with E-state index >= 15 is 0 Å². The molecule has 1 aliphatic heterocycles. The van der Waals surface area contributed by atoms with Gasteiger partial charge in [-0.25, -0.2) is 5.06 Å². The van der Waals surface area contributed by atoms with Gasteiger partial charge in [-0.2, -0.15) is 0 Å². The maximum atomic E-state index is 13.0. The Bertz CT molecular complexity index is 919. The molecule has 0 radical (unpaired) electrons. The van der Waals surface area contributed by atoms with Crippen LogP contribution in [0.1, 0.15) is 23.3 Å². The molecule has 0 unspecified atom stereocenters. The van der Waals surface area contributed by atoms with Gasteiger partial charge < -0.3 is 13.9 Å². The van der Waals surface area contributed by atoms with E-state index in [0.717, 1.165) is 34.8 Å². The van der Waals surface area contributed by atoms with E-state index in [-0.39, 0.29) is 5.91 Å². The Morgan fingerprint density at radius 1 is 1.24 bits per heavy atom. The van der Waals surface area contributed by atoms with Gasteiger partial charge in [0.15, 0.2) is 0 Å². The monoisotopic (exact) mass is 341 g/mol. The molecule has 0 atom stereocenters. The summed E-state index contributed by atoms with van der Waals surface area (Å²) in [6, 6.07) is 10.3. The summed E-state index contributed by atoms with van der Waals surface area (Å²) < 4.78 is 9.49. The molecule has 1 aliphatic rings. The highest BCUT2D eigenvalue weighted by atomic mass is 16.7. The standard InChI is InChI=1S/C19H23N3O3/c1-20-15-8-4-3-7-14(15)18-16(20)13-17(21(18)10-12-24-2)19(23)22-9-5-6-11-25-22/h3-4,7-8,13H,5-6,9-12H2,1-2H3. The van der Waals surface area contributed by atoms with E-state index in [0.29, 0.717) is 32.0 Å². The lowest BCUT2D eigenvalue weighted by atomic mass is 10.2. The number of aryl methyl sites for hydroxylation is 1. The summed E-state index contributed by atoms with van der Waals surface area (Å²) in [5.41, 5.74) is 3.95. The van der Waals surface area contributed by atoms with Crippen molar-refractivity contribution in [1.82, 2.24) is 14.2 Å². The van der Waals surface area contributed by atoms with Gasteiger partial charge in [0.25, 0.3) is 5.91 Å². The average molecular weight is 341 g/mol. The number of nitrogens with zero attached hydrogens (tertiary/aromatic N) is 3. The Morgan fingerprint density at radius 2 is 2.08 bits per heavy atom. The van der Waals surface area contributed by atoms with Crippen molar-refractivity contribution in [3.8, 4) is 0 Å². The Balaban J connectivity index is 1.88. The van der Waals surface area contributed by atoms with E-state index in [2.05, 4.69) is 21.3 Å².